The van der Waals surface area contributed by atoms with Gasteiger partial charge in [0.05, 0.1) is 15.2 Å². The van der Waals surface area contributed by atoms with E-state index in [1.807, 2.05) is 13.8 Å². The van der Waals surface area contributed by atoms with Gasteiger partial charge >= 0.3 is 0 Å². The van der Waals surface area contributed by atoms with E-state index in [0.717, 1.165) is 12.5 Å². The monoisotopic (exact) mass is 372 g/mol. The highest BCUT2D eigenvalue weighted by Crippen LogP contribution is 2.34. The molecule has 1 aromatic carbocycles. The number of hydrogen-bond acceptors (Lipinski definition) is 3. The molecule has 0 radical (unpaired) electrons. The lowest BCUT2D eigenvalue weighted by molar-refractivity contribution is 0.521. The van der Waals surface area contributed by atoms with Crippen molar-refractivity contribution in [1.29, 1.82) is 0 Å². The maximum atomic E-state index is 13.9. The number of anilines is 1. The number of rotatable bonds is 5. The van der Waals surface area contributed by atoms with Crippen molar-refractivity contribution in [3.05, 3.63) is 21.4 Å². The van der Waals surface area contributed by atoms with Gasteiger partial charge in [-0.3, -0.25) is 0 Å². The van der Waals surface area contributed by atoms with Crippen molar-refractivity contribution >= 4 is 43.2 Å². The summed E-state index contributed by atoms with van der Waals surface area (Å²) in [7, 11) is -3.97. The second kappa shape index (κ2) is 6.39. The predicted molar refractivity (Wildman–Crippen MR) is 78.2 cm³/mol. The summed E-state index contributed by atoms with van der Waals surface area (Å²) in [6, 6.07) is 1.04. The van der Waals surface area contributed by atoms with Crippen LogP contribution in [0.4, 0.5) is 10.1 Å². The maximum absolute atomic E-state index is 13.9. The van der Waals surface area contributed by atoms with Crippen LogP contribution in [0.1, 0.15) is 20.3 Å². The Balaban J connectivity index is 3.16. The SMILES string of the molecule is CCC(C)CNS(=O)(=O)c1cc(Cl)c(Br)c(N)c1F. The third-order valence-corrected chi connectivity index (χ3v) is 5.57. The van der Waals surface area contributed by atoms with Gasteiger partial charge in [0.25, 0.3) is 0 Å². The number of nitrogen functional groups attached to an aromatic ring is 1. The van der Waals surface area contributed by atoms with Crippen LogP contribution in [0.3, 0.4) is 0 Å². The fourth-order valence-electron chi connectivity index (χ4n) is 1.27. The van der Waals surface area contributed by atoms with E-state index in [-0.39, 0.29) is 27.6 Å². The zero-order valence-electron chi connectivity index (χ0n) is 10.5. The summed E-state index contributed by atoms with van der Waals surface area (Å²) in [6.07, 6.45) is 0.814. The van der Waals surface area contributed by atoms with Gasteiger partial charge in [-0.25, -0.2) is 17.5 Å². The zero-order chi connectivity index (χ0) is 14.8. The maximum Gasteiger partial charge on any atom is 0.243 e. The van der Waals surface area contributed by atoms with Gasteiger partial charge in [0.1, 0.15) is 4.90 Å². The highest BCUT2D eigenvalue weighted by atomic mass is 79.9. The quantitative estimate of drug-likeness (QED) is 0.615. The number of halogens is 3. The van der Waals surface area contributed by atoms with Crippen LogP contribution >= 0.6 is 27.5 Å². The minimum absolute atomic E-state index is 0.0443. The number of hydrogen-bond donors (Lipinski definition) is 2. The molecule has 0 saturated heterocycles. The Labute approximate surface area is 125 Å². The van der Waals surface area contributed by atoms with Gasteiger partial charge in [0.2, 0.25) is 10.0 Å². The lowest BCUT2D eigenvalue weighted by Gasteiger charge is -2.13. The van der Waals surface area contributed by atoms with Crippen LogP contribution in [0.25, 0.3) is 0 Å². The molecule has 0 aromatic heterocycles. The molecular formula is C11H15BrClFN2O2S. The van der Waals surface area contributed by atoms with E-state index in [1.54, 1.807) is 0 Å². The molecule has 19 heavy (non-hydrogen) atoms. The van der Waals surface area contributed by atoms with E-state index in [1.165, 1.54) is 0 Å². The minimum Gasteiger partial charge on any atom is -0.395 e. The molecule has 0 aliphatic carbocycles. The molecule has 3 N–H and O–H groups in total. The molecule has 0 bridgehead atoms. The molecule has 8 heteroatoms. The molecule has 108 valence electrons. The minimum atomic E-state index is -3.97. The van der Waals surface area contributed by atoms with Crippen LogP contribution in [0.5, 0.6) is 0 Å². The topological polar surface area (TPSA) is 72.2 Å². The first-order chi connectivity index (χ1) is 8.70. The van der Waals surface area contributed by atoms with Gasteiger partial charge < -0.3 is 5.73 Å². The van der Waals surface area contributed by atoms with Gasteiger partial charge in [-0.15, -0.1) is 0 Å². The lowest BCUT2D eigenvalue weighted by atomic mass is 10.1. The Morgan fingerprint density at radius 2 is 2.16 bits per heavy atom. The van der Waals surface area contributed by atoms with Crippen molar-refractivity contribution in [2.45, 2.75) is 25.2 Å². The van der Waals surface area contributed by atoms with E-state index in [2.05, 4.69) is 20.7 Å². The number of nitrogens with two attached hydrogens (primary N) is 1. The molecule has 0 spiro atoms. The normalized spacial score (nSPS) is 13.5. The summed E-state index contributed by atoms with van der Waals surface area (Å²) in [5.74, 6) is -0.853. The summed E-state index contributed by atoms with van der Waals surface area (Å²) >= 11 is 8.79. The highest BCUT2D eigenvalue weighted by Gasteiger charge is 2.24. The Hall–Kier alpha value is -0.370. The summed E-state index contributed by atoms with van der Waals surface area (Å²) in [5.41, 5.74) is 5.14. The third-order valence-electron chi connectivity index (χ3n) is 2.77. The van der Waals surface area contributed by atoms with Gasteiger partial charge in [0, 0.05) is 6.54 Å². The van der Waals surface area contributed by atoms with E-state index < -0.39 is 20.7 Å². The summed E-state index contributed by atoms with van der Waals surface area (Å²) in [5, 5.41) is 0.0443. The molecule has 0 amide bonds. The van der Waals surface area contributed by atoms with Crippen molar-refractivity contribution in [3.63, 3.8) is 0 Å². The molecule has 0 saturated carbocycles. The molecule has 1 unspecified atom stereocenters. The standard InChI is InChI=1S/C11H15BrClFN2O2S/c1-3-6(2)5-16-19(17,18)8-4-7(13)9(12)11(15)10(8)14/h4,6,16H,3,5,15H2,1-2H3. The van der Waals surface area contributed by atoms with E-state index in [0.29, 0.717) is 0 Å². The predicted octanol–water partition coefficient (Wildman–Crippen LogP) is 3.15. The van der Waals surface area contributed by atoms with E-state index in [4.69, 9.17) is 17.3 Å². The van der Waals surface area contributed by atoms with Crippen LogP contribution in [0.15, 0.2) is 15.4 Å². The Kier molecular flexibility index (Phi) is 5.61. The first-order valence-electron chi connectivity index (χ1n) is 5.63. The average Bonchev–Trinajstić information content (AvgIpc) is 2.37. The zero-order valence-corrected chi connectivity index (χ0v) is 13.7. The van der Waals surface area contributed by atoms with Crippen LogP contribution in [-0.4, -0.2) is 15.0 Å². The van der Waals surface area contributed by atoms with Crippen molar-refractivity contribution in [1.82, 2.24) is 4.72 Å². The fourth-order valence-corrected chi connectivity index (χ4v) is 3.11. The second-order valence-corrected chi connectivity index (χ2v) is 7.20. The fraction of sp³-hybridized carbons (Fsp3) is 0.455. The van der Waals surface area contributed by atoms with E-state index >= 15 is 0 Å². The van der Waals surface area contributed by atoms with Gasteiger partial charge in [-0.1, -0.05) is 31.9 Å². The van der Waals surface area contributed by atoms with Crippen LogP contribution in [0, 0.1) is 11.7 Å². The molecule has 0 aliphatic rings. The highest BCUT2D eigenvalue weighted by molar-refractivity contribution is 9.10. The van der Waals surface area contributed by atoms with Crippen molar-refractivity contribution in [2.75, 3.05) is 12.3 Å². The third kappa shape index (κ3) is 3.81. The number of nitrogens with one attached hydrogen (secondary N) is 1. The summed E-state index contributed by atoms with van der Waals surface area (Å²) in [6.45, 7) is 4.06. The van der Waals surface area contributed by atoms with Gasteiger partial charge in [-0.05, 0) is 27.9 Å². The second-order valence-electron chi connectivity index (χ2n) is 4.26. The Morgan fingerprint density at radius 1 is 1.58 bits per heavy atom. The smallest absolute Gasteiger partial charge is 0.243 e. The molecule has 0 aliphatic heterocycles. The number of benzene rings is 1. The van der Waals surface area contributed by atoms with Crippen LogP contribution in [0.2, 0.25) is 5.02 Å². The molecule has 1 atom stereocenters. The summed E-state index contributed by atoms with van der Waals surface area (Å²) < 4.78 is 40.4. The summed E-state index contributed by atoms with van der Waals surface area (Å²) in [4.78, 5) is -0.540. The number of sulfonamides is 1. The van der Waals surface area contributed by atoms with Crippen molar-refractivity contribution in [2.24, 2.45) is 5.92 Å². The van der Waals surface area contributed by atoms with Crippen LogP contribution in [-0.2, 0) is 10.0 Å². The molecule has 4 nitrogen and oxygen atoms in total. The molecule has 0 fully saturated rings. The Bertz CT molecular complexity index is 581. The molecular weight excluding hydrogens is 359 g/mol. The molecule has 1 rings (SSSR count). The van der Waals surface area contributed by atoms with Crippen molar-refractivity contribution in [3.8, 4) is 0 Å². The van der Waals surface area contributed by atoms with E-state index in [9.17, 15) is 12.8 Å². The average molecular weight is 374 g/mol. The molecule has 1 aromatic rings. The van der Waals surface area contributed by atoms with Gasteiger partial charge in [0.15, 0.2) is 5.82 Å². The van der Waals surface area contributed by atoms with Gasteiger partial charge in [-0.2, -0.15) is 0 Å². The first kappa shape index (κ1) is 16.7. The molecule has 0 heterocycles. The Morgan fingerprint density at radius 3 is 2.68 bits per heavy atom. The van der Waals surface area contributed by atoms with Crippen molar-refractivity contribution < 1.29 is 12.8 Å². The first-order valence-corrected chi connectivity index (χ1v) is 8.28. The van der Waals surface area contributed by atoms with Crippen LogP contribution < -0.4 is 10.5 Å². The largest absolute Gasteiger partial charge is 0.395 e. The lowest BCUT2D eigenvalue weighted by Crippen LogP contribution is -2.29.